The van der Waals surface area contributed by atoms with E-state index in [4.69, 9.17) is 5.26 Å². The van der Waals surface area contributed by atoms with Crippen molar-refractivity contribution in [2.45, 2.75) is 12.6 Å². The Morgan fingerprint density at radius 1 is 1.14 bits per heavy atom. The van der Waals surface area contributed by atoms with Crippen molar-refractivity contribution in [1.29, 1.82) is 5.26 Å². The molecule has 7 heteroatoms. The molecule has 0 N–H and O–H groups in total. The van der Waals surface area contributed by atoms with E-state index in [1.165, 1.54) is 17.0 Å². The van der Waals surface area contributed by atoms with Crippen molar-refractivity contribution < 1.29 is 17.6 Å². The van der Waals surface area contributed by atoms with Gasteiger partial charge in [0.15, 0.2) is 0 Å². The monoisotopic (exact) mass is 301 g/mol. The van der Waals surface area contributed by atoms with E-state index in [0.717, 1.165) is 0 Å². The molecule has 0 amide bonds. The van der Waals surface area contributed by atoms with Crippen LogP contribution in [0.3, 0.4) is 0 Å². The maximum absolute atomic E-state index is 13.6. The molecule has 1 heterocycles. The van der Waals surface area contributed by atoms with Crippen molar-refractivity contribution in [2.24, 2.45) is 0 Å². The molecule has 0 aromatic heterocycles. The van der Waals surface area contributed by atoms with Gasteiger partial charge in [0.25, 0.3) is 0 Å². The van der Waals surface area contributed by atoms with Crippen molar-refractivity contribution >= 4 is 5.69 Å². The van der Waals surface area contributed by atoms with Crippen LogP contribution in [0.15, 0.2) is 18.2 Å². The molecule has 114 valence electrons. The third-order valence-corrected chi connectivity index (χ3v) is 3.44. The zero-order chi connectivity index (χ0) is 15.5. The number of rotatable bonds is 2. The van der Waals surface area contributed by atoms with E-state index in [2.05, 4.69) is 0 Å². The molecule has 1 aromatic rings. The molecule has 0 unspecified atom stereocenters. The topological polar surface area (TPSA) is 30.3 Å². The zero-order valence-electron chi connectivity index (χ0n) is 11.3. The molecule has 0 bridgehead atoms. The number of benzene rings is 1. The van der Waals surface area contributed by atoms with Gasteiger partial charge in [0.1, 0.15) is 17.4 Å². The van der Waals surface area contributed by atoms with E-state index >= 15 is 0 Å². The Morgan fingerprint density at radius 2 is 1.90 bits per heavy atom. The minimum Gasteiger partial charge on any atom is -0.369 e. The van der Waals surface area contributed by atoms with Gasteiger partial charge in [0, 0.05) is 26.2 Å². The van der Waals surface area contributed by atoms with Crippen LogP contribution in [-0.4, -0.2) is 43.8 Å². The number of hydrogen-bond acceptors (Lipinski definition) is 3. The molecular weight excluding hydrogens is 286 g/mol. The minimum atomic E-state index is -4.22. The van der Waals surface area contributed by atoms with Crippen LogP contribution < -0.4 is 4.90 Å². The molecular formula is C14H15F4N3. The van der Waals surface area contributed by atoms with Crippen LogP contribution >= 0.6 is 0 Å². The Kier molecular flexibility index (Phi) is 4.68. The highest BCUT2D eigenvalue weighted by atomic mass is 19.4. The first-order chi connectivity index (χ1) is 9.90. The van der Waals surface area contributed by atoms with Gasteiger partial charge in [-0.2, -0.15) is 18.4 Å². The lowest BCUT2D eigenvalue weighted by molar-refractivity contribution is -0.145. The summed E-state index contributed by atoms with van der Waals surface area (Å²) in [6.45, 7) is 0.490. The lowest BCUT2D eigenvalue weighted by atomic mass is 10.1. The molecule has 0 aliphatic carbocycles. The molecule has 0 radical (unpaired) electrons. The Morgan fingerprint density at radius 3 is 2.57 bits per heavy atom. The van der Waals surface area contributed by atoms with Crippen LogP contribution in [0.4, 0.5) is 23.2 Å². The van der Waals surface area contributed by atoms with Crippen LogP contribution in [0.5, 0.6) is 0 Å². The highest BCUT2D eigenvalue weighted by molar-refractivity contribution is 5.59. The standard InChI is InChI=1S/C14H15F4N3/c15-12-3-1-4-13(11(12)9-19)21-6-2-5-20(7-8-21)10-14(16,17)18/h1,3-4H,2,5-8,10H2. The minimum absolute atomic E-state index is 0.0539. The number of halogens is 4. The van der Waals surface area contributed by atoms with Gasteiger partial charge in [-0.1, -0.05) is 6.07 Å². The summed E-state index contributed by atoms with van der Waals surface area (Å²) >= 11 is 0. The van der Waals surface area contributed by atoms with Crippen LogP contribution in [-0.2, 0) is 0 Å². The van der Waals surface area contributed by atoms with Crippen molar-refractivity contribution in [3.8, 4) is 6.07 Å². The predicted octanol–water partition coefficient (Wildman–Crippen LogP) is 2.77. The molecule has 0 atom stereocenters. The molecule has 21 heavy (non-hydrogen) atoms. The number of alkyl halides is 3. The molecule has 1 aromatic carbocycles. The smallest absolute Gasteiger partial charge is 0.369 e. The fraction of sp³-hybridized carbons (Fsp3) is 0.500. The SMILES string of the molecule is N#Cc1c(F)cccc1N1CCCN(CC(F)(F)F)CC1. The molecule has 1 aliphatic rings. The van der Waals surface area contributed by atoms with Gasteiger partial charge in [-0.3, -0.25) is 4.90 Å². The molecule has 3 nitrogen and oxygen atoms in total. The Labute approximate surface area is 120 Å². The third kappa shape index (κ3) is 4.08. The molecule has 0 saturated carbocycles. The van der Waals surface area contributed by atoms with Gasteiger partial charge in [0.05, 0.1) is 12.2 Å². The molecule has 2 rings (SSSR count). The summed E-state index contributed by atoms with van der Waals surface area (Å²) in [6.07, 6.45) is -3.68. The van der Waals surface area contributed by atoms with E-state index in [1.807, 2.05) is 6.07 Å². The first-order valence-corrected chi connectivity index (χ1v) is 6.63. The van der Waals surface area contributed by atoms with E-state index in [9.17, 15) is 17.6 Å². The first-order valence-electron chi connectivity index (χ1n) is 6.63. The van der Waals surface area contributed by atoms with Gasteiger partial charge in [-0.05, 0) is 18.6 Å². The fourth-order valence-corrected chi connectivity index (χ4v) is 2.51. The summed E-state index contributed by atoms with van der Waals surface area (Å²) in [5.41, 5.74) is 0.396. The number of hydrogen-bond donors (Lipinski definition) is 0. The molecule has 1 fully saturated rings. The number of nitrogens with zero attached hydrogens (tertiary/aromatic N) is 3. The van der Waals surface area contributed by atoms with Gasteiger partial charge in [0.2, 0.25) is 0 Å². The largest absolute Gasteiger partial charge is 0.401 e. The van der Waals surface area contributed by atoms with Crippen LogP contribution in [0, 0.1) is 17.1 Å². The molecule has 0 spiro atoms. The highest BCUT2D eigenvalue weighted by Crippen LogP contribution is 2.24. The second-order valence-electron chi connectivity index (χ2n) is 4.98. The van der Waals surface area contributed by atoms with Crippen molar-refractivity contribution in [1.82, 2.24) is 4.90 Å². The quantitative estimate of drug-likeness (QED) is 0.787. The lowest BCUT2D eigenvalue weighted by Gasteiger charge is -2.25. The van der Waals surface area contributed by atoms with Crippen LogP contribution in [0.25, 0.3) is 0 Å². The second-order valence-corrected chi connectivity index (χ2v) is 4.98. The third-order valence-electron chi connectivity index (χ3n) is 3.44. The Bertz CT molecular complexity index is 536. The van der Waals surface area contributed by atoms with Gasteiger partial charge < -0.3 is 4.90 Å². The number of anilines is 1. The van der Waals surface area contributed by atoms with Gasteiger partial charge in [-0.25, -0.2) is 4.39 Å². The number of nitriles is 1. The second kappa shape index (κ2) is 6.31. The van der Waals surface area contributed by atoms with E-state index in [0.29, 0.717) is 31.7 Å². The van der Waals surface area contributed by atoms with Crippen molar-refractivity contribution in [3.05, 3.63) is 29.6 Å². The van der Waals surface area contributed by atoms with Gasteiger partial charge >= 0.3 is 6.18 Å². The lowest BCUT2D eigenvalue weighted by Crippen LogP contribution is -2.37. The fourth-order valence-electron chi connectivity index (χ4n) is 2.51. The normalized spacial score (nSPS) is 17.4. The maximum atomic E-state index is 13.6. The molecule has 1 saturated heterocycles. The van der Waals surface area contributed by atoms with Crippen molar-refractivity contribution in [2.75, 3.05) is 37.6 Å². The zero-order valence-corrected chi connectivity index (χ0v) is 11.3. The van der Waals surface area contributed by atoms with E-state index < -0.39 is 18.5 Å². The average molecular weight is 301 g/mol. The van der Waals surface area contributed by atoms with E-state index in [1.54, 1.807) is 11.0 Å². The van der Waals surface area contributed by atoms with Crippen LogP contribution in [0.1, 0.15) is 12.0 Å². The summed E-state index contributed by atoms with van der Waals surface area (Å²) in [7, 11) is 0. The summed E-state index contributed by atoms with van der Waals surface area (Å²) in [5, 5.41) is 9.03. The first kappa shape index (κ1) is 15.6. The Hall–Kier alpha value is -1.81. The maximum Gasteiger partial charge on any atom is 0.401 e. The summed E-state index contributed by atoms with van der Waals surface area (Å²) in [6, 6.07) is 6.15. The van der Waals surface area contributed by atoms with Gasteiger partial charge in [-0.15, -0.1) is 0 Å². The molecule has 1 aliphatic heterocycles. The summed E-state index contributed by atoms with van der Waals surface area (Å²) in [5.74, 6) is -0.605. The Balaban J connectivity index is 2.11. The van der Waals surface area contributed by atoms with Crippen LogP contribution in [0.2, 0.25) is 0 Å². The summed E-state index contributed by atoms with van der Waals surface area (Å²) in [4.78, 5) is 3.11. The van der Waals surface area contributed by atoms with Crippen molar-refractivity contribution in [3.63, 3.8) is 0 Å². The van der Waals surface area contributed by atoms with E-state index in [-0.39, 0.29) is 12.1 Å². The predicted molar refractivity (Wildman–Crippen MR) is 70.4 cm³/mol. The average Bonchev–Trinajstić information content (AvgIpc) is 2.62. The summed E-state index contributed by atoms with van der Waals surface area (Å²) < 4.78 is 50.8. The highest BCUT2D eigenvalue weighted by Gasteiger charge is 2.31.